The van der Waals surface area contributed by atoms with Gasteiger partial charge in [-0.1, -0.05) is 11.6 Å². The monoisotopic (exact) mass is 572 g/mol. The van der Waals surface area contributed by atoms with E-state index >= 15 is 0 Å². The first-order valence-electron chi connectivity index (χ1n) is 12.3. The molecule has 2 aromatic heterocycles. The molecule has 1 aromatic carbocycles. The lowest BCUT2D eigenvalue weighted by atomic mass is 9.66. The molecular formula is C27H20ClF3N4O5. The van der Waals surface area contributed by atoms with Crippen LogP contribution < -0.4 is 9.64 Å². The van der Waals surface area contributed by atoms with Crippen molar-refractivity contribution in [2.24, 2.45) is 11.8 Å². The molecular weight excluding hydrogens is 553 g/mol. The summed E-state index contributed by atoms with van der Waals surface area (Å²) in [6.07, 6.45) is -3.49. The summed E-state index contributed by atoms with van der Waals surface area (Å²) in [6, 6.07) is 9.07. The Morgan fingerprint density at radius 2 is 2.00 bits per heavy atom. The number of amides is 2. The highest BCUT2D eigenvalue weighted by Crippen LogP contribution is 2.62. The van der Waals surface area contributed by atoms with Crippen LogP contribution in [0.4, 0.5) is 18.9 Å². The first-order valence-corrected chi connectivity index (χ1v) is 12.7. The molecule has 13 heteroatoms. The van der Waals surface area contributed by atoms with Gasteiger partial charge in [0.25, 0.3) is 0 Å². The standard InChI is InChI=1S/C27H20ClF3N4O5/c1-25-18(36)10-26(40-25,6-8-39-22-16(28)9-14(12-34-22)27(29,30)31)20-19(25)23(37)35(24(20)38)17-5-4-13(11-32)21-15(17)3-2-7-33-21/h2-5,7,9,12,18-20,36H,6,8,10H2,1H3/t18-,19-,20+,25?,26?/m1/s1. The number of alkyl halides is 3. The number of aromatic nitrogens is 2. The zero-order chi connectivity index (χ0) is 28.6. The maximum absolute atomic E-state index is 13.9. The van der Waals surface area contributed by atoms with Crippen LogP contribution in [0.5, 0.6) is 5.88 Å². The van der Waals surface area contributed by atoms with E-state index in [0.29, 0.717) is 23.2 Å². The minimum atomic E-state index is -4.62. The first kappa shape index (κ1) is 26.4. The molecule has 40 heavy (non-hydrogen) atoms. The van der Waals surface area contributed by atoms with Crippen LogP contribution in [0.25, 0.3) is 10.9 Å². The van der Waals surface area contributed by atoms with Gasteiger partial charge in [-0.15, -0.1) is 0 Å². The Hall–Kier alpha value is -3.79. The highest BCUT2D eigenvalue weighted by Gasteiger charge is 2.77. The van der Waals surface area contributed by atoms with Crippen LogP contribution in [0.1, 0.15) is 30.9 Å². The number of ether oxygens (including phenoxy) is 2. The molecule has 5 heterocycles. The molecule has 206 valence electrons. The van der Waals surface area contributed by atoms with Crippen LogP contribution in [-0.4, -0.2) is 50.8 Å². The normalized spacial score (nSPS) is 29.2. The Balaban J connectivity index is 1.31. The lowest BCUT2D eigenvalue weighted by Crippen LogP contribution is -2.49. The number of imide groups is 1. The smallest absolute Gasteiger partial charge is 0.417 e. The first-order chi connectivity index (χ1) is 18.9. The molecule has 3 aromatic rings. The number of pyridine rings is 2. The third-order valence-corrected chi connectivity index (χ3v) is 8.39. The largest absolute Gasteiger partial charge is 0.476 e. The summed E-state index contributed by atoms with van der Waals surface area (Å²) >= 11 is 5.95. The van der Waals surface area contributed by atoms with Gasteiger partial charge in [0.1, 0.15) is 16.7 Å². The Morgan fingerprint density at radius 1 is 1.25 bits per heavy atom. The number of anilines is 1. The third kappa shape index (κ3) is 3.68. The highest BCUT2D eigenvalue weighted by molar-refractivity contribution is 6.31. The molecule has 2 bridgehead atoms. The number of hydrogen-bond acceptors (Lipinski definition) is 8. The second-order valence-electron chi connectivity index (χ2n) is 10.3. The average molecular weight is 573 g/mol. The van der Waals surface area contributed by atoms with Gasteiger partial charge in [0.05, 0.1) is 52.5 Å². The predicted octanol–water partition coefficient (Wildman–Crippen LogP) is 4.04. The molecule has 0 spiro atoms. The SMILES string of the molecule is CC12OC(CCOc3ncc(C(F)(F)F)cc3Cl)(C[C@H]1O)[C@@H]1C(=O)N(c3ccc(C#N)c4ncccc34)C(=O)[C@@H]12. The number of hydrogen-bond donors (Lipinski definition) is 1. The van der Waals surface area contributed by atoms with Gasteiger partial charge in [-0.05, 0) is 37.3 Å². The van der Waals surface area contributed by atoms with Crippen molar-refractivity contribution in [2.45, 2.75) is 43.2 Å². The van der Waals surface area contributed by atoms with Gasteiger partial charge < -0.3 is 14.6 Å². The molecule has 2 unspecified atom stereocenters. The van der Waals surface area contributed by atoms with Crippen LogP contribution >= 0.6 is 11.6 Å². The lowest BCUT2D eigenvalue weighted by molar-refractivity contribution is -0.138. The van der Waals surface area contributed by atoms with Gasteiger partial charge in [-0.25, -0.2) is 9.88 Å². The molecule has 6 rings (SSSR count). The third-order valence-electron chi connectivity index (χ3n) is 8.12. The summed E-state index contributed by atoms with van der Waals surface area (Å²) in [5.74, 6) is -3.23. The topological polar surface area (TPSA) is 126 Å². The van der Waals surface area contributed by atoms with Crippen LogP contribution in [0.15, 0.2) is 42.7 Å². The van der Waals surface area contributed by atoms with Crippen molar-refractivity contribution >= 4 is 40.0 Å². The number of nitrogens with zero attached hydrogens (tertiary/aromatic N) is 4. The summed E-state index contributed by atoms with van der Waals surface area (Å²) in [5.41, 5.74) is -2.75. The fraction of sp³-hybridized carbons (Fsp3) is 0.370. The minimum Gasteiger partial charge on any atom is -0.476 e. The van der Waals surface area contributed by atoms with Crippen molar-refractivity contribution in [3.05, 3.63) is 58.9 Å². The molecule has 3 fully saturated rings. The lowest BCUT2D eigenvalue weighted by Gasteiger charge is -2.33. The van der Waals surface area contributed by atoms with Crippen LogP contribution in [0.2, 0.25) is 5.02 Å². The van der Waals surface area contributed by atoms with Gasteiger partial charge in [-0.3, -0.25) is 14.6 Å². The van der Waals surface area contributed by atoms with Gasteiger partial charge in [0.2, 0.25) is 17.7 Å². The van der Waals surface area contributed by atoms with E-state index in [1.54, 1.807) is 19.1 Å². The van der Waals surface area contributed by atoms with E-state index in [1.165, 1.54) is 18.3 Å². The van der Waals surface area contributed by atoms with Crippen molar-refractivity contribution in [3.63, 3.8) is 0 Å². The van der Waals surface area contributed by atoms with E-state index < -0.39 is 52.7 Å². The Morgan fingerprint density at radius 3 is 2.70 bits per heavy atom. The van der Waals surface area contributed by atoms with Crippen molar-refractivity contribution in [1.29, 1.82) is 5.26 Å². The Labute approximate surface area is 230 Å². The van der Waals surface area contributed by atoms with E-state index in [-0.39, 0.29) is 41.6 Å². The van der Waals surface area contributed by atoms with Crippen molar-refractivity contribution in [3.8, 4) is 11.9 Å². The molecule has 0 aliphatic carbocycles. The number of carbonyl (C=O) groups is 2. The van der Waals surface area contributed by atoms with Gasteiger partial charge in [0.15, 0.2) is 0 Å². The molecule has 5 atom stereocenters. The second kappa shape index (κ2) is 8.86. The summed E-state index contributed by atoms with van der Waals surface area (Å²) < 4.78 is 50.6. The summed E-state index contributed by atoms with van der Waals surface area (Å²) in [7, 11) is 0. The van der Waals surface area contributed by atoms with Crippen LogP contribution in [0, 0.1) is 23.2 Å². The van der Waals surface area contributed by atoms with Gasteiger partial charge >= 0.3 is 6.18 Å². The van der Waals surface area contributed by atoms with Crippen LogP contribution in [0.3, 0.4) is 0 Å². The fourth-order valence-corrected chi connectivity index (χ4v) is 6.53. The van der Waals surface area contributed by atoms with Gasteiger partial charge in [-0.2, -0.15) is 18.4 Å². The summed E-state index contributed by atoms with van der Waals surface area (Å²) in [5, 5.41) is 20.5. The summed E-state index contributed by atoms with van der Waals surface area (Å²) in [6.45, 7) is 1.43. The molecule has 3 aliphatic rings. The minimum absolute atomic E-state index is 0.0301. The average Bonchev–Trinajstić information content (AvgIpc) is 3.44. The van der Waals surface area contributed by atoms with Crippen molar-refractivity contribution in [2.75, 3.05) is 11.5 Å². The molecule has 9 nitrogen and oxygen atoms in total. The van der Waals surface area contributed by atoms with E-state index in [9.17, 15) is 33.1 Å². The van der Waals surface area contributed by atoms with Crippen molar-refractivity contribution in [1.82, 2.24) is 9.97 Å². The predicted molar refractivity (Wildman–Crippen MR) is 133 cm³/mol. The second-order valence-corrected chi connectivity index (χ2v) is 10.7. The molecule has 0 saturated carbocycles. The van der Waals surface area contributed by atoms with Crippen molar-refractivity contribution < 1.29 is 37.3 Å². The van der Waals surface area contributed by atoms with E-state index in [2.05, 4.69) is 16.0 Å². The number of carbonyl (C=O) groups excluding carboxylic acids is 2. The summed E-state index contributed by atoms with van der Waals surface area (Å²) in [4.78, 5) is 36.7. The van der Waals surface area contributed by atoms with E-state index in [1.807, 2.05) is 0 Å². The number of rotatable bonds is 5. The molecule has 2 amide bonds. The Kier molecular flexibility index (Phi) is 5.85. The molecule has 0 radical (unpaired) electrons. The number of benzene rings is 1. The highest BCUT2D eigenvalue weighted by atomic mass is 35.5. The number of aliphatic hydroxyl groups excluding tert-OH is 1. The number of fused-ring (bicyclic) bond motifs is 6. The van der Waals surface area contributed by atoms with E-state index in [0.717, 1.165) is 4.90 Å². The van der Waals surface area contributed by atoms with Gasteiger partial charge in [0, 0.05) is 30.6 Å². The molecule has 1 N–H and O–H groups in total. The molecule has 3 saturated heterocycles. The Bertz CT molecular complexity index is 1630. The maximum atomic E-state index is 13.9. The fourth-order valence-electron chi connectivity index (χ4n) is 6.31. The zero-order valence-electron chi connectivity index (χ0n) is 20.8. The van der Waals surface area contributed by atoms with E-state index in [4.69, 9.17) is 21.1 Å². The molecule has 3 aliphatic heterocycles. The van der Waals surface area contributed by atoms with Crippen LogP contribution in [-0.2, 0) is 20.5 Å². The number of nitriles is 1. The maximum Gasteiger partial charge on any atom is 0.417 e. The number of aliphatic hydroxyl groups is 1. The quantitative estimate of drug-likeness (QED) is 0.454. The zero-order valence-corrected chi connectivity index (χ0v) is 21.5. The number of halogens is 4.